The van der Waals surface area contributed by atoms with Crippen molar-refractivity contribution in [1.29, 1.82) is 10.5 Å². The van der Waals surface area contributed by atoms with E-state index in [-0.39, 0.29) is 41.7 Å². The van der Waals surface area contributed by atoms with Gasteiger partial charge in [-0.05, 0) is 107 Å². The molecule has 11 heteroatoms. The number of esters is 1. The van der Waals surface area contributed by atoms with Crippen molar-refractivity contribution in [1.82, 2.24) is 10.6 Å². The standard InChI is InChI=1S/C33H31N3O4S.C20H11NO2/c34-18-24(17-23-13-12-22-11-10-20-5-3-6-21-14-15-26(23)30(22)29(20)21)32(38)40-16-4-8-25(37)7-1-2-9-28-31-27(19-41-28)35-33(39)36-31;21-11-16(20(22)23)10-15-7-6-14-5-4-12-2-1-3-13-8-9-17(15)19(14)18(12)13/h3,5-6,10-15,17,27-28,31H,1-2,4,7-9,16,19H2,(H2,35,36,39);1-10H,(H,22,23)/b24-17+;16-10+. The molecule has 0 saturated carbocycles. The second-order valence-corrected chi connectivity index (χ2v) is 17.6. The van der Waals surface area contributed by atoms with E-state index in [1.54, 1.807) is 12.1 Å². The highest BCUT2D eigenvalue weighted by Crippen LogP contribution is 2.38. The zero-order valence-corrected chi connectivity index (χ0v) is 35.5. The van der Waals surface area contributed by atoms with Crippen molar-refractivity contribution in [2.75, 3.05) is 12.4 Å². The number of nitrogens with one attached hydrogen (secondary N) is 2. The molecular weight excluding hydrogens is 821 g/mol. The number of urea groups is 1. The molecular formula is C53H42N4O6S. The molecule has 2 amide bonds. The number of amides is 2. The summed E-state index contributed by atoms with van der Waals surface area (Å²) in [4.78, 5) is 47.7. The van der Waals surface area contributed by atoms with Crippen molar-refractivity contribution in [3.63, 3.8) is 0 Å². The van der Waals surface area contributed by atoms with Gasteiger partial charge in [0.25, 0.3) is 0 Å². The lowest BCUT2D eigenvalue weighted by Gasteiger charge is -2.16. The normalized spacial score (nSPS) is 17.3. The summed E-state index contributed by atoms with van der Waals surface area (Å²) in [5.74, 6) is -0.796. The van der Waals surface area contributed by atoms with Crippen LogP contribution in [0, 0.1) is 22.7 Å². The van der Waals surface area contributed by atoms with Gasteiger partial charge in [-0.3, -0.25) is 4.79 Å². The molecule has 2 aliphatic rings. The van der Waals surface area contributed by atoms with E-state index < -0.39 is 11.9 Å². The fourth-order valence-corrected chi connectivity index (χ4v) is 10.8. The summed E-state index contributed by atoms with van der Waals surface area (Å²) in [6.45, 7) is 0.0938. The summed E-state index contributed by atoms with van der Waals surface area (Å²) < 4.78 is 5.36. The van der Waals surface area contributed by atoms with E-state index in [0.717, 1.165) is 90.0 Å². The molecule has 10 nitrogen and oxygen atoms in total. The highest BCUT2D eigenvalue weighted by Gasteiger charge is 2.42. The number of ether oxygens (including phenoxy) is 1. The number of hydrogen-bond donors (Lipinski definition) is 3. The molecule has 8 aromatic rings. The number of carbonyl (C=O) groups is 4. The number of benzene rings is 8. The van der Waals surface area contributed by atoms with Gasteiger partial charge in [0.15, 0.2) is 0 Å². The van der Waals surface area contributed by atoms with E-state index in [2.05, 4.69) is 65.2 Å². The van der Waals surface area contributed by atoms with Crippen LogP contribution in [0.15, 0.2) is 120 Å². The van der Waals surface area contributed by atoms with Gasteiger partial charge in [-0.15, -0.1) is 0 Å². The first-order valence-electron chi connectivity index (χ1n) is 21.4. The number of unbranched alkanes of at least 4 members (excludes halogenated alkanes) is 1. The number of aliphatic carboxylic acids is 1. The molecule has 8 aromatic carbocycles. The second-order valence-electron chi connectivity index (χ2n) is 16.3. The zero-order valence-electron chi connectivity index (χ0n) is 34.7. The SMILES string of the molecule is N#C/C(=C\c1ccc2ccc3cccc4ccc1c2c34)C(=O)O.N#C/C(=C\c1ccc2ccc3cccc4ccc1c2c34)C(=O)OCCCC(=O)CCCCC1SCC2NC(=O)NC21. The lowest BCUT2D eigenvalue weighted by atomic mass is 9.91. The van der Waals surface area contributed by atoms with E-state index in [0.29, 0.717) is 24.5 Å². The van der Waals surface area contributed by atoms with Crippen LogP contribution in [0.4, 0.5) is 4.79 Å². The maximum Gasteiger partial charge on any atom is 0.348 e. The van der Waals surface area contributed by atoms with Gasteiger partial charge in [0.1, 0.15) is 29.1 Å². The minimum atomic E-state index is -1.21. The lowest BCUT2D eigenvalue weighted by molar-refractivity contribution is -0.139. The molecule has 2 fully saturated rings. The average molecular weight is 863 g/mol. The number of nitriles is 2. The van der Waals surface area contributed by atoms with Gasteiger partial charge < -0.3 is 20.5 Å². The fraction of sp³-hybridized carbons (Fsp3) is 0.208. The number of carboxylic acid groups (broad SMARTS) is 1. The quantitative estimate of drug-likeness (QED) is 0.0255. The first kappa shape index (κ1) is 41.9. The van der Waals surface area contributed by atoms with Crippen LogP contribution in [0.1, 0.15) is 49.7 Å². The van der Waals surface area contributed by atoms with Gasteiger partial charge in [0.05, 0.1) is 18.7 Å². The maximum atomic E-state index is 12.7. The van der Waals surface area contributed by atoms with E-state index >= 15 is 0 Å². The summed E-state index contributed by atoms with van der Waals surface area (Å²) in [6, 6.07) is 40.7. The Morgan fingerprint density at radius 3 is 1.70 bits per heavy atom. The Morgan fingerprint density at radius 1 is 0.656 bits per heavy atom. The van der Waals surface area contributed by atoms with E-state index in [4.69, 9.17) is 15.1 Å². The fourth-order valence-electron chi connectivity index (χ4n) is 9.30. The Kier molecular flexibility index (Phi) is 11.8. The predicted octanol–water partition coefficient (Wildman–Crippen LogP) is 10.7. The van der Waals surface area contributed by atoms with Crippen molar-refractivity contribution < 1.29 is 29.0 Å². The minimum absolute atomic E-state index is 0.0629. The van der Waals surface area contributed by atoms with E-state index in [9.17, 15) is 24.4 Å². The van der Waals surface area contributed by atoms with Gasteiger partial charge >= 0.3 is 18.0 Å². The first-order valence-corrected chi connectivity index (χ1v) is 22.4. The Morgan fingerprint density at radius 2 is 1.16 bits per heavy atom. The predicted molar refractivity (Wildman–Crippen MR) is 254 cm³/mol. The summed E-state index contributed by atoms with van der Waals surface area (Å²) in [5.41, 5.74) is 1.21. The molecule has 2 saturated heterocycles. The molecule has 0 aromatic heterocycles. The number of carbonyl (C=O) groups excluding carboxylic acids is 3. The van der Waals surface area contributed by atoms with Crippen LogP contribution in [0.3, 0.4) is 0 Å². The van der Waals surface area contributed by atoms with E-state index in [1.165, 1.54) is 16.8 Å². The van der Waals surface area contributed by atoms with Crippen LogP contribution in [0.2, 0.25) is 0 Å². The largest absolute Gasteiger partial charge is 0.477 e. The topological polar surface area (TPSA) is 169 Å². The highest BCUT2D eigenvalue weighted by molar-refractivity contribution is 8.00. The molecule has 3 N–H and O–H groups in total. The van der Waals surface area contributed by atoms with Crippen molar-refractivity contribution in [3.05, 3.63) is 131 Å². The molecule has 0 bridgehead atoms. The minimum Gasteiger partial charge on any atom is -0.477 e. The molecule has 316 valence electrons. The second kappa shape index (κ2) is 18.1. The Bertz CT molecular complexity index is 3260. The molecule has 2 aliphatic heterocycles. The average Bonchev–Trinajstić information content (AvgIpc) is 3.88. The number of ketones is 1. The van der Waals surface area contributed by atoms with E-state index in [1.807, 2.05) is 72.4 Å². The number of nitrogens with zero attached hydrogens (tertiary/aromatic N) is 2. The molecule has 3 unspecified atom stereocenters. The number of rotatable bonds is 13. The number of thioether (sulfide) groups is 1. The van der Waals surface area contributed by atoms with Crippen LogP contribution >= 0.6 is 11.8 Å². The Balaban J connectivity index is 0.000000190. The van der Waals surface area contributed by atoms with Gasteiger partial charge in [0, 0.05) is 23.8 Å². The van der Waals surface area contributed by atoms with Gasteiger partial charge in [-0.25, -0.2) is 14.4 Å². The molecule has 0 spiro atoms. The van der Waals surface area contributed by atoms with Crippen molar-refractivity contribution in [3.8, 4) is 12.1 Å². The van der Waals surface area contributed by atoms with Crippen LogP contribution in [-0.4, -0.2) is 58.6 Å². The third-order valence-electron chi connectivity index (χ3n) is 12.4. The van der Waals surface area contributed by atoms with Crippen LogP contribution < -0.4 is 10.6 Å². The molecule has 0 aliphatic carbocycles. The lowest BCUT2D eigenvalue weighted by Crippen LogP contribution is -2.36. The molecule has 0 radical (unpaired) electrons. The molecule has 3 atom stereocenters. The van der Waals surface area contributed by atoms with Crippen molar-refractivity contribution in [2.45, 2.75) is 55.9 Å². The summed E-state index contributed by atoms with van der Waals surface area (Å²) >= 11 is 1.88. The third-order valence-corrected chi connectivity index (χ3v) is 13.9. The highest BCUT2D eigenvalue weighted by atomic mass is 32.2. The zero-order chi connectivity index (χ0) is 44.3. The van der Waals surface area contributed by atoms with Gasteiger partial charge in [0.2, 0.25) is 0 Å². The maximum absolute atomic E-state index is 12.7. The molecule has 64 heavy (non-hydrogen) atoms. The Hall–Kier alpha value is -7.47. The van der Waals surface area contributed by atoms with Crippen LogP contribution in [0.5, 0.6) is 0 Å². The monoisotopic (exact) mass is 862 g/mol. The van der Waals surface area contributed by atoms with Crippen molar-refractivity contribution in [2.24, 2.45) is 0 Å². The number of hydrogen-bond acceptors (Lipinski definition) is 8. The molecule has 2 heterocycles. The van der Waals surface area contributed by atoms with Gasteiger partial charge in [-0.1, -0.05) is 116 Å². The van der Waals surface area contributed by atoms with Gasteiger partial charge in [-0.2, -0.15) is 22.3 Å². The van der Waals surface area contributed by atoms with Crippen LogP contribution in [-0.2, 0) is 19.1 Å². The molecule has 10 rings (SSSR count). The number of carboxylic acids is 1. The summed E-state index contributed by atoms with van der Waals surface area (Å²) in [5, 5.41) is 47.5. The first-order chi connectivity index (χ1) is 31.2. The number of fused-ring (bicyclic) bond motifs is 1. The Labute approximate surface area is 372 Å². The third kappa shape index (κ3) is 8.26. The smallest absolute Gasteiger partial charge is 0.348 e. The van der Waals surface area contributed by atoms with Crippen LogP contribution in [0.25, 0.3) is 76.8 Å². The summed E-state index contributed by atoms with van der Waals surface area (Å²) in [7, 11) is 0. The number of Topliss-reactive ketones (excluding diaryl/α,β-unsaturated/α-hetero) is 1. The van der Waals surface area contributed by atoms with Crippen molar-refractivity contribution >= 4 is 112 Å². The summed E-state index contributed by atoms with van der Waals surface area (Å²) in [6.07, 6.45) is 7.05.